The molecule has 0 radical (unpaired) electrons. The molecule has 0 aromatic heterocycles. The highest BCUT2D eigenvalue weighted by molar-refractivity contribution is 5.78. The summed E-state index contributed by atoms with van der Waals surface area (Å²) in [5.41, 5.74) is -0.128. The van der Waals surface area contributed by atoms with Crippen LogP contribution in [-0.4, -0.2) is 73.7 Å². The Kier molecular flexibility index (Phi) is 3.78. The highest BCUT2D eigenvalue weighted by atomic mass is 16.5. The Morgan fingerprint density at radius 3 is 2.53 bits per heavy atom. The fourth-order valence-corrected chi connectivity index (χ4v) is 3.35. The zero-order chi connectivity index (χ0) is 13.3. The van der Waals surface area contributed by atoms with Crippen LogP contribution in [0.15, 0.2) is 0 Å². The maximum atomic E-state index is 12.2. The standard InChI is InChI=1S/C14H25N3O2/c1-19-14(3-2-4-14)9-13(18)17-10-12(11-17)16-7-5-15-6-8-16/h12,15H,2-11H2,1H3. The number of methoxy groups -OCH3 is 1. The molecule has 0 aromatic rings. The summed E-state index contributed by atoms with van der Waals surface area (Å²) in [6, 6.07) is 0.589. The van der Waals surface area contributed by atoms with Crippen molar-refractivity contribution in [3.8, 4) is 0 Å². The van der Waals surface area contributed by atoms with Crippen LogP contribution in [0, 0.1) is 0 Å². The Balaban J connectivity index is 1.43. The quantitative estimate of drug-likeness (QED) is 0.782. The average molecular weight is 267 g/mol. The molecular weight excluding hydrogens is 242 g/mol. The van der Waals surface area contributed by atoms with Gasteiger partial charge in [-0.1, -0.05) is 0 Å². The lowest BCUT2D eigenvalue weighted by Gasteiger charge is -2.48. The minimum Gasteiger partial charge on any atom is -0.378 e. The van der Waals surface area contributed by atoms with E-state index in [1.165, 1.54) is 6.42 Å². The smallest absolute Gasteiger partial charge is 0.225 e. The number of ether oxygens (including phenoxy) is 1. The fraction of sp³-hybridized carbons (Fsp3) is 0.929. The highest BCUT2D eigenvalue weighted by Gasteiger charge is 2.42. The van der Waals surface area contributed by atoms with Gasteiger partial charge in [0.05, 0.1) is 12.0 Å². The lowest BCUT2D eigenvalue weighted by Crippen LogP contribution is -2.64. The minimum atomic E-state index is -0.128. The van der Waals surface area contributed by atoms with Gasteiger partial charge in [-0.3, -0.25) is 9.69 Å². The Bertz CT molecular complexity index is 326. The summed E-state index contributed by atoms with van der Waals surface area (Å²) in [6.45, 7) is 6.23. The van der Waals surface area contributed by atoms with Gasteiger partial charge >= 0.3 is 0 Å². The van der Waals surface area contributed by atoms with Crippen LogP contribution < -0.4 is 5.32 Å². The summed E-state index contributed by atoms with van der Waals surface area (Å²) >= 11 is 0. The molecule has 1 saturated carbocycles. The van der Waals surface area contributed by atoms with Crippen molar-refractivity contribution in [1.29, 1.82) is 0 Å². The van der Waals surface area contributed by atoms with Crippen LogP contribution in [0.1, 0.15) is 25.7 Å². The molecule has 2 saturated heterocycles. The maximum Gasteiger partial charge on any atom is 0.225 e. The first-order chi connectivity index (χ1) is 9.22. The van der Waals surface area contributed by atoms with Crippen LogP contribution in [0.25, 0.3) is 0 Å². The van der Waals surface area contributed by atoms with Crippen molar-refractivity contribution in [2.24, 2.45) is 0 Å². The van der Waals surface area contributed by atoms with E-state index in [1.807, 2.05) is 4.90 Å². The second-order valence-electron chi connectivity index (χ2n) is 6.16. The Morgan fingerprint density at radius 2 is 2.00 bits per heavy atom. The van der Waals surface area contributed by atoms with Crippen LogP contribution in [0.2, 0.25) is 0 Å². The van der Waals surface area contributed by atoms with Crippen molar-refractivity contribution in [2.75, 3.05) is 46.4 Å². The third-order valence-electron chi connectivity index (χ3n) is 5.05. The van der Waals surface area contributed by atoms with Crippen molar-refractivity contribution >= 4 is 5.91 Å². The van der Waals surface area contributed by atoms with E-state index in [4.69, 9.17) is 4.74 Å². The van der Waals surface area contributed by atoms with E-state index < -0.39 is 0 Å². The Hall–Kier alpha value is -0.650. The van der Waals surface area contributed by atoms with Gasteiger partial charge < -0.3 is 15.0 Å². The summed E-state index contributed by atoms with van der Waals surface area (Å²) in [5, 5.41) is 3.37. The van der Waals surface area contributed by atoms with Gasteiger partial charge in [0.25, 0.3) is 0 Å². The third-order valence-corrected chi connectivity index (χ3v) is 5.05. The molecule has 2 heterocycles. The molecule has 108 valence electrons. The summed E-state index contributed by atoms with van der Waals surface area (Å²) in [5.74, 6) is 0.285. The van der Waals surface area contributed by atoms with Crippen molar-refractivity contribution in [3.05, 3.63) is 0 Å². The molecule has 0 spiro atoms. The number of nitrogens with zero attached hydrogens (tertiary/aromatic N) is 2. The molecule has 5 nitrogen and oxygen atoms in total. The predicted molar refractivity (Wildman–Crippen MR) is 73.0 cm³/mol. The van der Waals surface area contributed by atoms with E-state index in [0.717, 1.165) is 52.1 Å². The fourth-order valence-electron chi connectivity index (χ4n) is 3.35. The predicted octanol–water partition coefficient (Wildman–Crippen LogP) is 0.0616. The number of amides is 1. The van der Waals surface area contributed by atoms with E-state index in [-0.39, 0.29) is 11.5 Å². The van der Waals surface area contributed by atoms with Crippen molar-refractivity contribution < 1.29 is 9.53 Å². The summed E-state index contributed by atoms with van der Waals surface area (Å²) in [4.78, 5) is 16.8. The first kappa shape index (κ1) is 13.3. The van der Waals surface area contributed by atoms with Gasteiger partial charge in [0.15, 0.2) is 0 Å². The molecule has 1 N–H and O–H groups in total. The molecule has 0 aromatic carbocycles. The maximum absolute atomic E-state index is 12.2. The lowest BCUT2D eigenvalue weighted by atomic mass is 9.77. The molecular formula is C14H25N3O2. The number of likely N-dealkylation sites (tertiary alicyclic amines) is 1. The first-order valence-electron chi connectivity index (χ1n) is 7.50. The molecule has 2 aliphatic heterocycles. The monoisotopic (exact) mass is 267 g/mol. The Morgan fingerprint density at radius 1 is 1.32 bits per heavy atom. The second-order valence-corrected chi connectivity index (χ2v) is 6.16. The number of rotatable bonds is 4. The lowest BCUT2D eigenvalue weighted by molar-refractivity contribution is -0.151. The van der Waals surface area contributed by atoms with Crippen LogP contribution in [0.3, 0.4) is 0 Å². The highest BCUT2D eigenvalue weighted by Crippen LogP contribution is 2.38. The molecule has 0 unspecified atom stereocenters. The summed E-state index contributed by atoms with van der Waals surface area (Å²) < 4.78 is 5.54. The molecule has 0 bridgehead atoms. The van der Waals surface area contributed by atoms with Crippen molar-refractivity contribution in [2.45, 2.75) is 37.3 Å². The molecule has 1 amide bonds. The van der Waals surface area contributed by atoms with E-state index in [0.29, 0.717) is 12.5 Å². The molecule has 3 fully saturated rings. The average Bonchev–Trinajstić information content (AvgIpc) is 2.33. The van der Waals surface area contributed by atoms with Crippen molar-refractivity contribution in [3.63, 3.8) is 0 Å². The summed E-state index contributed by atoms with van der Waals surface area (Å²) in [7, 11) is 1.74. The van der Waals surface area contributed by atoms with Gasteiger partial charge in [0.1, 0.15) is 0 Å². The van der Waals surface area contributed by atoms with Gasteiger partial charge in [0.2, 0.25) is 5.91 Å². The van der Waals surface area contributed by atoms with Crippen LogP contribution in [0.4, 0.5) is 0 Å². The van der Waals surface area contributed by atoms with E-state index in [1.54, 1.807) is 7.11 Å². The number of hydrogen-bond acceptors (Lipinski definition) is 4. The zero-order valence-corrected chi connectivity index (χ0v) is 11.9. The van der Waals surface area contributed by atoms with Gasteiger partial charge in [0, 0.05) is 52.4 Å². The van der Waals surface area contributed by atoms with Gasteiger partial charge in [-0.15, -0.1) is 0 Å². The van der Waals surface area contributed by atoms with E-state index >= 15 is 0 Å². The van der Waals surface area contributed by atoms with Crippen LogP contribution in [-0.2, 0) is 9.53 Å². The SMILES string of the molecule is COC1(CC(=O)N2CC(N3CCNCC3)C2)CCC1. The largest absolute Gasteiger partial charge is 0.378 e. The summed E-state index contributed by atoms with van der Waals surface area (Å²) in [6.07, 6.45) is 3.87. The van der Waals surface area contributed by atoms with Gasteiger partial charge in [-0.05, 0) is 19.3 Å². The molecule has 3 aliphatic rings. The number of nitrogens with one attached hydrogen (secondary N) is 1. The topological polar surface area (TPSA) is 44.8 Å². The number of hydrogen-bond donors (Lipinski definition) is 1. The normalized spacial score (nSPS) is 27.7. The Labute approximate surface area is 115 Å². The van der Waals surface area contributed by atoms with E-state index in [2.05, 4.69) is 10.2 Å². The number of piperazine rings is 1. The van der Waals surface area contributed by atoms with Gasteiger partial charge in [-0.25, -0.2) is 0 Å². The van der Waals surface area contributed by atoms with E-state index in [9.17, 15) is 4.79 Å². The number of carbonyl (C=O) groups is 1. The molecule has 3 rings (SSSR count). The molecule has 1 aliphatic carbocycles. The second kappa shape index (κ2) is 5.38. The minimum absolute atomic E-state index is 0.128. The third kappa shape index (κ3) is 2.64. The van der Waals surface area contributed by atoms with Gasteiger partial charge in [-0.2, -0.15) is 0 Å². The number of carbonyl (C=O) groups excluding carboxylic acids is 1. The molecule has 5 heteroatoms. The first-order valence-corrected chi connectivity index (χ1v) is 7.50. The zero-order valence-electron chi connectivity index (χ0n) is 11.9. The molecule has 0 atom stereocenters. The van der Waals surface area contributed by atoms with Crippen LogP contribution in [0.5, 0.6) is 0 Å². The van der Waals surface area contributed by atoms with Crippen molar-refractivity contribution in [1.82, 2.24) is 15.1 Å². The molecule has 19 heavy (non-hydrogen) atoms. The van der Waals surface area contributed by atoms with Crippen LogP contribution >= 0.6 is 0 Å².